The van der Waals surface area contributed by atoms with E-state index in [9.17, 15) is 13.2 Å². The van der Waals surface area contributed by atoms with Crippen LogP contribution in [0.3, 0.4) is 0 Å². The second kappa shape index (κ2) is 8.90. The standard InChI is InChI=1S/C26H26N2O6S/c1-17-20-10-8-18-6-4-5-7-21(18)25(20)34-24(17)26(29)27-12-14-28(15-13-27)35(30,31)19-9-11-22(32-2)23(16-19)33-3/h4-11,16H,12-15H2,1-3H3. The van der Waals surface area contributed by atoms with E-state index in [1.807, 2.05) is 43.3 Å². The van der Waals surface area contributed by atoms with E-state index in [0.29, 0.717) is 22.8 Å². The number of piperazine rings is 1. The Morgan fingerprint density at radius 1 is 0.886 bits per heavy atom. The van der Waals surface area contributed by atoms with E-state index < -0.39 is 10.0 Å². The molecule has 0 bridgehead atoms. The lowest BCUT2D eigenvalue weighted by molar-refractivity contribution is 0.0667. The first-order valence-electron chi connectivity index (χ1n) is 11.3. The summed E-state index contributed by atoms with van der Waals surface area (Å²) in [5.41, 5.74) is 1.48. The fourth-order valence-corrected chi connectivity index (χ4v) is 5.99. The Labute approximate surface area is 203 Å². The van der Waals surface area contributed by atoms with Crippen LogP contribution in [0.5, 0.6) is 11.5 Å². The van der Waals surface area contributed by atoms with E-state index in [1.165, 1.54) is 30.7 Å². The Morgan fingerprint density at radius 3 is 2.31 bits per heavy atom. The zero-order chi connectivity index (χ0) is 24.7. The van der Waals surface area contributed by atoms with Gasteiger partial charge in [-0.25, -0.2) is 8.42 Å². The molecule has 4 aromatic rings. The van der Waals surface area contributed by atoms with Gasteiger partial charge in [0.2, 0.25) is 10.0 Å². The molecule has 0 aliphatic carbocycles. The fraction of sp³-hybridized carbons (Fsp3) is 0.269. The summed E-state index contributed by atoms with van der Waals surface area (Å²) in [5, 5.41) is 2.90. The van der Waals surface area contributed by atoms with Crippen LogP contribution in [-0.2, 0) is 10.0 Å². The predicted molar refractivity (Wildman–Crippen MR) is 133 cm³/mol. The lowest BCUT2D eigenvalue weighted by atomic mass is 10.1. The van der Waals surface area contributed by atoms with Gasteiger partial charge in [-0.2, -0.15) is 4.31 Å². The minimum absolute atomic E-state index is 0.120. The molecule has 8 nitrogen and oxygen atoms in total. The van der Waals surface area contributed by atoms with Crippen molar-refractivity contribution < 1.29 is 27.1 Å². The lowest BCUT2D eigenvalue weighted by Crippen LogP contribution is -2.50. The molecule has 0 atom stereocenters. The number of ether oxygens (including phenoxy) is 2. The number of nitrogens with zero attached hydrogens (tertiary/aromatic N) is 2. The third-order valence-corrected chi connectivity index (χ3v) is 8.44. The fourth-order valence-electron chi connectivity index (χ4n) is 4.55. The summed E-state index contributed by atoms with van der Waals surface area (Å²) in [6.45, 7) is 2.78. The number of methoxy groups -OCH3 is 2. The van der Waals surface area contributed by atoms with Gasteiger partial charge < -0.3 is 18.8 Å². The SMILES string of the molecule is COc1ccc(S(=O)(=O)N2CCN(C(=O)c3oc4c(ccc5ccccc54)c3C)CC2)cc1OC. The Bertz CT molecular complexity index is 1530. The molecule has 3 aromatic carbocycles. The van der Waals surface area contributed by atoms with E-state index in [-0.39, 0.29) is 37.0 Å². The lowest BCUT2D eigenvalue weighted by Gasteiger charge is -2.33. The minimum atomic E-state index is -3.75. The molecule has 182 valence electrons. The molecule has 1 aliphatic rings. The summed E-state index contributed by atoms with van der Waals surface area (Å²) in [6, 6.07) is 16.4. The number of aryl methyl sites for hydroxylation is 1. The highest BCUT2D eigenvalue weighted by atomic mass is 32.2. The van der Waals surface area contributed by atoms with Gasteiger partial charge in [0.05, 0.1) is 19.1 Å². The normalized spacial score (nSPS) is 15.0. The number of amides is 1. The average Bonchev–Trinajstić information content (AvgIpc) is 3.24. The van der Waals surface area contributed by atoms with Gasteiger partial charge in [0.15, 0.2) is 17.3 Å². The maximum Gasteiger partial charge on any atom is 0.289 e. The first-order chi connectivity index (χ1) is 16.8. The van der Waals surface area contributed by atoms with Crippen LogP contribution in [0.4, 0.5) is 0 Å². The van der Waals surface area contributed by atoms with Crippen molar-refractivity contribution in [1.29, 1.82) is 0 Å². The molecule has 1 aliphatic heterocycles. The van der Waals surface area contributed by atoms with Gasteiger partial charge in [0.25, 0.3) is 5.91 Å². The van der Waals surface area contributed by atoms with Crippen LogP contribution >= 0.6 is 0 Å². The number of benzene rings is 3. The summed E-state index contributed by atoms with van der Waals surface area (Å²) >= 11 is 0. The van der Waals surface area contributed by atoms with Gasteiger partial charge >= 0.3 is 0 Å². The largest absolute Gasteiger partial charge is 0.493 e. The van der Waals surface area contributed by atoms with Crippen LogP contribution in [0.15, 0.2) is 63.9 Å². The smallest absolute Gasteiger partial charge is 0.289 e. The molecule has 0 saturated carbocycles. The molecular formula is C26H26N2O6S. The molecule has 1 saturated heterocycles. The van der Waals surface area contributed by atoms with Crippen LogP contribution in [0.25, 0.3) is 21.7 Å². The molecule has 5 rings (SSSR count). The van der Waals surface area contributed by atoms with Gasteiger partial charge in [-0.3, -0.25) is 4.79 Å². The van der Waals surface area contributed by atoms with Gasteiger partial charge in [-0.1, -0.05) is 36.4 Å². The summed E-state index contributed by atoms with van der Waals surface area (Å²) in [6.07, 6.45) is 0. The third kappa shape index (κ3) is 3.90. The second-order valence-electron chi connectivity index (χ2n) is 8.43. The van der Waals surface area contributed by atoms with Crippen LogP contribution in [0, 0.1) is 6.92 Å². The highest BCUT2D eigenvalue weighted by Gasteiger charge is 2.33. The number of furan rings is 1. The Morgan fingerprint density at radius 2 is 1.60 bits per heavy atom. The van der Waals surface area contributed by atoms with Crippen molar-refractivity contribution in [2.24, 2.45) is 0 Å². The number of rotatable bonds is 5. The summed E-state index contributed by atoms with van der Waals surface area (Å²) in [5.74, 6) is 0.865. The van der Waals surface area contributed by atoms with Crippen molar-refractivity contribution in [2.75, 3.05) is 40.4 Å². The van der Waals surface area contributed by atoms with Crippen LogP contribution < -0.4 is 9.47 Å². The van der Waals surface area contributed by atoms with Crippen LogP contribution in [0.2, 0.25) is 0 Å². The van der Waals surface area contributed by atoms with E-state index in [1.54, 1.807) is 11.0 Å². The maximum atomic E-state index is 13.3. The first kappa shape index (κ1) is 23.2. The quantitative estimate of drug-likeness (QED) is 0.416. The number of carbonyl (C=O) groups is 1. The summed E-state index contributed by atoms with van der Waals surface area (Å²) < 4.78 is 44.3. The van der Waals surface area contributed by atoms with E-state index >= 15 is 0 Å². The third-order valence-electron chi connectivity index (χ3n) is 6.54. The van der Waals surface area contributed by atoms with E-state index in [2.05, 4.69) is 0 Å². The highest BCUT2D eigenvalue weighted by molar-refractivity contribution is 7.89. The van der Waals surface area contributed by atoms with Crippen molar-refractivity contribution >= 4 is 37.7 Å². The molecule has 2 heterocycles. The second-order valence-corrected chi connectivity index (χ2v) is 10.4. The first-order valence-corrected chi connectivity index (χ1v) is 12.7. The Balaban J connectivity index is 1.36. The highest BCUT2D eigenvalue weighted by Crippen LogP contribution is 2.33. The molecule has 0 N–H and O–H groups in total. The number of carbonyl (C=O) groups excluding carboxylic acids is 1. The van der Waals surface area contributed by atoms with Crippen LogP contribution in [0.1, 0.15) is 16.1 Å². The van der Waals surface area contributed by atoms with Crippen molar-refractivity contribution in [2.45, 2.75) is 11.8 Å². The zero-order valence-electron chi connectivity index (χ0n) is 19.8. The molecule has 0 unspecified atom stereocenters. The topological polar surface area (TPSA) is 89.3 Å². The van der Waals surface area contributed by atoms with Crippen molar-refractivity contribution in [3.63, 3.8) is 0 Å². The van der Waals surface area contributed by atoms with Crippen molar-refractivity contribution in [3.8, 4) is 11.5 Å². The van der Waals surface area contributed by atoms with Crippen LogP contribution in [-0.4, -0.2) is 63.9 Å². The number of sulfonamides is 1. The number of hydrogen-bond donors (Lipinski definition) is 0. The van der Waals surface area contributed by atoms with Gasteiger partial charge in [-0.05, 0) is 24.4 Å². The molecule has 1 fully saturated rings. The molecule has 0 radical (unpaired) electrons. The molecular weight excluding hydrogens is 468 g/mol. The molecule has 9 heteroatoms. The number of hydrogen-bond acceptors (Lipinski definition) is 6. The van der Waals surface area contributed by atoms with Crippen molar-refractivity contribution in [1.82, 2.24) is 9.21 Å². The Kier molecular flexibility index (Phi) is 5.90. The Hall–Kier alpha value is -3.56. The van der Waals surface area contributed by atoms with Gasteiger partial charge in [-0.15, -0.1) is 0 Å². The molecule has 1 amide bonds. The molecule has 0 spiro atoms. The van der Waals surface area contributed by atoms with Gasteiger partial charge in [0.1, 0.15) is 5.58 Å². The monoisotopic (exact) mass is 494 g/mol. The average molecular weight is 495 g/mol. The van der Waals surface area contributed by atoms with Gasteiger partial charge in [0, 0.05) is 48.6 Å². The van der Waals surface area contributed by atoms with E-state index in [4.69, 9.17) is 13.9 Å². The van der Waals surface area contributed by atoms with Crippen molar-refractivity contribution in [3.05, 3.63) is 65.9 Å². The zero-order valence-corrected chi connectivity index (χ0v) is 20.6. The predicted octanol–water partition coefficient (Wildman–Crippen LogP) is 4.06. The van der Waals surface area contributed by atoms with E-state index in [0.717, 1.165) is 21.7 Å². The maximum absolute atomic E-state index is 13.3. The molecule has 35 heavy (non-hydrogen) atoms. The summed E-state index contributed by atoms with van der Waals surface area (Å²) in [7, 11) is -0.796. The number of fused-ring (bicyclic) bond motifs is 3. The molecule has 1 aromatic heterocycles. The summed E-state index contributed by atoms with van der Waals surface area (Å²) in [4.78, 5) is 15.1. The minimum Gasteiger partial charge on any atom is -0.493 e.